The number of amides is 1. The Labute approximate surface area is 148 Å². The van der Waals surface area contributed by atoms with Crippen molar-refractivity contribution in [3.05, 3.63) is 66.2 Å². The van der Waals surface area contributed by atoms with Crippen molar-refractivity contribution in [1.82, 2.24) is 10.2 Å². The topological polar surface area (TPSA) is 32.3 Å². The molecule has 126 valence electrons. The molecule has 1 aliphatic rings. The summed E-state index contributed by atoms with van der Waals surface area (Å²) in [7, 11) is 0. The molecule has 3 nitrogen and oxygen atoms in total. The van der Waals surface area contributed by atoms with E-state index in [2.05, 4.69) is 34.5 Å². The summed E-state index contributed by atoms with van der Waals surface area (Å²) < 4.78 is 0. The Morgan fingerprint density at radius 1 is 1.00 bits per heavy atom. The van der Waals surface area contributed by atoms with Crippen LogP contribution in [0.2, 0.25) is 0 Å². The van der Waals surface area contributed by atoms with Gasteiger partial charge in [0.05, 0.1) is 11.8 Å². The molecule has 24 heavy (non-hydrogen) atoms. The highest BCUT2D eigenvalue weighted by molar-refractivity contribution is 8.00. The van der Waals surface area contributed by atoms with E-state index in [9.17, 15) is 4.79 Å². The second-order valence-corrected chi connectivity index (χ2v) is 7.12. The molecule has 0 aromatic heterocycles. The van der Waals surface area contributed by atoms with E-state index >= 15 is 0 Å². The van der Waals surface area contributed by atoms with Crippen LogP contribution in [-0.4, -0.2) is 36.2 Å². The lowest BCUT2D eigenvalue weighted by atomic mass is 10.1. The van der Waals surface area contributed by atoms with Gasteiger partial charge in [-0.3, -0.25) is 9.69 Å². The van der Waals surface area contributed by atoms with Gasteiger partial charge < -0.3 is 5.32 Å². The molecule has 1 aliphatic heterocycles. The zero-order valence-corrected chi connectivity index (χ0v) is 14.7. The first-order valence-corrected chi connectivity index (χ1v) is 9.55. The summed E-state index contributed by atoms with van der Waals surface area (Å²) in [4.78, 5) is 15.8. The van der Waals surface area contributed by atoms with Crippen molar-refractivity contribution in [3.63, 3.8) is 0 Å². The largest absolute Gasteiger partial charge is 0.353 e. The van der Waals surface area contributed by atoms with Crippen molar-refractivity contribution < 1.29 is 4.79 Å². The molecule has 4 heteroatoms. The molecular weight excluding hydrogens is 316 g/mol. The average Bonchev–Trinajstić information content (AvgIpc) is 3.16. The molecular formula is C20H24N2OS. The predicted octanol–water partition coefficient (Wildman–Crippen LogP) is 3.73. The number of nitrogens with one attached hydrogen (secondary N) is 1. The fourth-order valence-electron chi connectivity index (χ4n) is 3.11. The summed E-state index contributed by atoms with van der Waals surface area (Å²) in [6.07, 6.45) is 2.50. The highest BCUT2D eigenvalue weighted by Gasteiger charge is 2.23. The third kappa shape index (κ3) is 4.86. The summed E-state index contributed by atoms with van der Waals surface area (Å²) >= 11 is 1.58. The van der Waals surface area contributed by atoms with Crippen LogP contribution in [0.3, 0.4) is 0 Å². The molecule has 2 aromatic carbocycles. The minimum atomic E-state index is 0.101. The fraction of sp³-hybridized carbons (Fsp3) is 0.350. The minimum absolute atomic E-state index is 0.101. The average molecular weight is 340 g/mol. The van der Waals surface area contributed by atoms with Crippen LogP contribution in [0.1, 0.15) is 24.4 Å². The molecule has 1 N–H and O–H groups in total. The first kappa shape index (κ1) is 17.1. The van der Waals surface area contributed by atoms with Crippen molar-refractivity contribution >= 4 is 17.7 Å². The van der Waals surface area contributed by atoms with Gasteiger partial charge in [0, 0.05) is 11.4 Å². The number of rotatable bonds is 7. The van der Waals surface area contributed by atoms with E-state index in [-0.39, 0.29) is 11.9 Å². The number of hydrogen-bond donors (Lipinski definition) is 1. The third-order valence-electron chi connectivity index (χ3n) is 4.37. The molecule has 2 aromatic rings. The lowest BCUT2D eigenvalue weighted by Crippen LogP contribution is -2.37. The van der Waals surface area contributed by atoms with Gasteiger partial charge in [0.15, 0.2) is 0 Å². The molecule has 1 amide bonds. The van der Waals surface area contributed by atoms with Crippen molar-refractivity contribution in [1.29, 1.82) is 0 Å². The second kappa shape index (κ2) is 8.90. The van der Waals surface area contributed by atoms with E-state index < -0.39 is 0 Å². The number of thioether (sulfide) groups is 1. The number of benzene rings is 2. The van der Waals surface area contributed by atoms with E-state index in [1.807, 2.05) is 36.4 Å². The summed E-state index contributed by atoms with van der Waals surface area (Å²) in [6.45, 7) is 2.92. The number of hydrogen-bond acceptors (Lipinski definition) is 3. The smallest absolute Gasteiger partial charge is 0.230 e. The maximum atomic E-state index is 12.2. The van der Waals surface area contributed by atoms with Crippen LogP contribution in [0, 0.1) is 0 Å². The van der Waals surface area contributed by atoms with Crippen molar-refractivity contribution in [3.8, 4) is 0 Å². The molecule has 0 radical (unpaired) electrons. The summed E-state index contributed by atoms with van der Waals surface area (Å²) in [6, 6.07) is 20.9. The number of carbonyl (C=O) groups excluding carboxylic acids is 1. The maximum Gasteiger partial charge on any atom is 0.230 e. The third-order valence-corrected chi connectivity index (χ3v) is 5.38. The number of carbonyl (C=O) groups is 1. The van der Waals surface area contributed by atoms with Crippen LogP contribution < -0.4 is 5.32 Å². The number of likely N-dealkylation sites (tertiary alicyclic amines) is 1. The second-order valence-electron chi connectivity index (χ2n) is 6.08. The molecule has 1 unspecified atom stereocenters. The van der Waals surface area contributed by atoms with E-state index in [4.69, 9.17) is 0 Å². The Kier molecular flexibility index (Phi) is 6.33. The molecule has 1 atom stereocenters. The normalized spacial score (nSPS) is 16.0. The molecule has 0 spiro atoms. The highest BCUT2D eigenvalue weighted by Crippen LogP contribution is 2.24. The zero-order chi connectivity index (χ0) is 16.6. The lowest BCUT2D eigenvalue weighted by Gasteiger charge is -2.28. The Bertz CT molecular complexity index is 627. The Morgan fingerprint density at radius 2 is 1.62 bits per heavy atom. The molecule has 0 bridgehead atoms. The standard InChI is InChI=1S/C20H24N2OS/c23-20(16-24-18-11-5-2-6-12-18)21-15-19(22-13-7-8-14-22)17-9-3-1-4-10-17/h1-6,9-12,19H,7-8,13-16H2,(H,21,23). The number of nitrogens with zero attached hydrogens (tertiary/aromatic N) is 1. The van der Waals surface area contributed by atoms with Crippen LogP contribution in [0.5, 0.6) is 0 Å². The van der Waals surface area contributed by atoms with Gasteiger partial charge in [-0.25, -0.2) is 0 Å². The summed E-state index contributed by atoms with van der Waals surface area (Å²) in [5.41, 5.74) is 1.29. The zero-order valence-electron chi connectivity index (χ0n) is 13.9. The SMILES string of the molecule is O=C(CSc1ccccc1)NCC(c1ccccc1)N1CCCC1. The van der Waals surface area contributed by atoms with Gasteiger partial charge in [-0.1, -0.05) is 48.5 Å². The van der Waals surface area contributed by atoms with Gasteiger partial charge in [0.25, 0.3) is 0 Å². The van der Waals surface area contributed by atoms with Gasteiger partial charge in [0.2, 0.25) is 5.91 Å². The maximum absolute atomic E-state index is 12.2. The van der Waals surface area contributed by atoms with Crippen molar-refractivity contribution in [2.24, 2.45) is 0 Å². The van der Waals surface area contributed by atoms with Gasteiger partial charge in [0.1, 0.15) is 0 Å². The van der Waals surface area contributed by atoms with Crippen LogP contribution >= 0.6 is 11.8 Å². The van der Waals surface area contributed by atoms with E-state index in [0.717, 1.165) is 18.0 Å². The van der Waals surface area contributed by atoms with Gasteiger partial charge in [-0.05, 0) is 43.6 Å². The van der Waals surface area contributed by atoms with Gasteiger partial charge >= 0.3 is 0 Å². The monoisotopic (exact) mass is 340 g/mol. The molecule has 0 aliphatic carbocycles. The molecule has 1 saturated heterocycles. The lowest BCUT2D eigenvalue weighted by molar-refractivity contribution is -0.118. The Morgan fingerprint density at radius 3 is 2.29 bits per heavy atom. The van der Waals surface area contributed by atoms with Crippen molar-refractivity contribution in [2.75, 3.05) is 25.4 Å². The van der Waals surface area contributed by atoms with Crippen LogP contribution in [0.15, 0.2) is 65.6 Å². The van der Waals surface area contributed by atoms with E-state index in [1.54, 1.807) is 11.8 Å². The summed E-state index contributed by atoms with van der Waals surface area (Å²) in [5.74, 6) is 0.565. The van der Waals surface area contributed by atoms with Gasteiger partial charge in [-0.2, -0.15) is 0 Å². The predicted molar refractivity (Wildman–Crippen MR) is 100 cm³/mol. The quantitative estimate of drug-likeness (QED) is 0.780. The van der Waals surface area contributed by atoms with Crippen LogP contribution in [0.4, 0.5) is 0 Å². The Balaban J connectivity index is 1.54. The molecule has 0 saturated carbocycles. The molecule has 1 fully saturated rings. The summed E-state index contributed by atoms with van der Waals surface area (Å²) in [5, 5.41) is 3.13. The minimum Gasteiger partial charge on any atom is -0.353 e. The van der Waals surface area contributed by atoms with E-state index in [0.29, 0.717) is 12.3 Å². The molecule has 1 heterocycles. The Hall–Kier alpha value is -1.78. The fourth-order valence-corrected chi connectivity index (χ4v) is 3.86. The van der Waals surface area contributed by atoms with Crippen molar-refractivity contribution in [2.45, 2.75) is 23.8 Å². The van der Waals surface area contributed by atoms with Gasteiger partial charge in [-0.15, -0.1) is 11.8 Å². The van der Waals surface area contributed by atoms with Crippen LogP contribution in [-0.2, 0) is 4.79 Å². The first-order chi connectivity index (χ1) is 11.8. The van der Waals surface area contributed by atoms with Crippen LogP contribution in [0.25, 0.3) is 0 Å². The first-order valence-electron chi connectivity index (χ1n) is 8.56. The highest BCUT2D eigenvalue weighted by atomic mass is 32.2. The van der Waals surface area contributed by atoms with E-state index in [1.165, 1.54) is 18.4 Å². The molecule has 3 rings (SSSR count).